The average molecular weight is 289 g/mol. The van der Waals surface area contributed by atoms with Crippen LogP contribution in [-0.4, -0.2) is 42.9 Å². The normalized spacial score (nSPS) is 19.6. The van der Waals surface area contributed by atoms with Crippen molar-refractivity contribution in [3.8, 4) is 0 Å². The van der Waals surface area contributed by atoms with Crippen LogP contribution >= 0.6 is 0 Å². The standard InChI is InChI=1S/C13H21F2N3O2/c14-11(15)9-19-7-5-12-17-13(20-18-12)4-3-10-2-1-6-16-8-10/h10-11,16H,1-9H2. The number of alkyl halides is 2. The Morgan fingerprint density at radius 2 is 2.30 bits per heavy atom. The monoisotopic (exact) mass is 289 g/mol. The largest absolute Gasteiger partial charge is 0.375 e. The molecule has 1 aromatic heterocycles. The summed E-state index contributed by atoms with van der Waals surface area (Å²) in [5.41, 5.74) is 0. The number of rotatable bonds is 8. The highest BCUT2D eigenvalue weighted by Crippen LogP contribution is 2.16. The molecule has 0 radical (unpaired) electrons. The predicted molar refractivity (Wildman–Crippen MR) is 68.7 cm³/mol. The number of nitrogens with one attached hydrogen (secondary N) is 1. The van der Waals surface area contributed by atoms with Gasteiger partial charge in [0.2, 0.25) is 5.89 Å². The maximum absolute atomic E-state index is 11.9. The van der Waals surface area contributed by atoms with E-state index in [1.165, 1.54) is 12.8 Å². The molecule has 1 atom stereocenters. The van der Waals surface area contributed by atoms with Gasteiger partial charge in [-0.2, -0.15) is 4.98 Å². The summed E-state index contributed by atoms with van der Waals surface area (Å²) in [5.74, 6) is 1.82. The van der Waals surface area contributed by atoms with Gasteiger partial charge in [-0.3, -0.25) is 0 Å². The van der Waals surface area contributed by atoms with Gasteiger partial charge in [-0.15, -0.1) is 0 Å². The smallest absolute Gasteiger partial charge is 0.261 e. The van der Waals surface area contributed by atoms with E-state index in [-0.39, 0.29) is 6.61 Å². The number of hydrogen-bond donors (Lipinski definition) is 1. The van der Waals surface area contributed by atoms with Gasteiger partial charge in [0.1, 0.15) is 6.61 Å². The lowest BCUT2D eigenvalue weighted by molar-refractivity contribution is 0.0182. The molecular weight excluding hydrogens is 268 g/mol. The molecule has 0 aliphatic carbocycles. The average Bonchev–Trinajstić information content (AvgIpc) is 2.90. The van der Waals surface area contributed by atoms with Gasteiger partial charge < -0.3 is 14.6 Å². The van der Waals surface area contributed by atoms with E-state index in [0.717, 1.165) is 25.9 Å². The molecule has 0 saturated carbocycles. The number of hydrogen-bond acceptors (Lipinski definition) is 5. The molecule has 0 spiro atoms. The van der Waals surface area contributed by atoms with Crippen molar-refractivity contribution in [2.45, 2.75) is 38.5 Å². The van der Waals surface area contributed by atoms with Crippen molar-refractivity contribution in [2.24, 2.45) is 5.92 Å². The Labute approximate surface area is 117 Å². The van der Waals surface area contributed by atoms with Crippen molar-refractivity contribution in [2.75, 3.05) is 26.3 Å². The fourth-order valence-electron chi connectivity index (χ4n) is 2.33. The highest BCUT2D eigenvalue weighted by molar-refractivity contribution is 4.87. The summed E-state index contributed by atoms with van der Waals surface area (Å²) in [7, 11) is 0. The molecule has 0 amide bonds. The van der Waals surface area contributed by atoms with Gasteiger partial charge in [-0.1, -0.05) is 5.16 Å². The molecule has 1 fully saturated rings. The molecule has 1 saturated heterocycles. The first kappa shape index (κ1) is 15.3. The molecule has 114 valence electrons. The summed E-state index contributed by atoms with van der Waals surface area (Å²) < 4.78 is 33.7. The minimum atomic E-state index is -2.43. The van der Waals surface area contributed by atoms with Crippen molar-refractivity contribution in [1.29, 1.82) is 0 Å². The van der Waals surface area contributed by atoms with Crippen molar-refractivity contribution < 1.29 is 18.0 Å². The van der Waals surface area contributed by atoms with E-state index in [4.69, 9.17) is 9.26 Å². The molecule has 0 aromatic carbocycles. The van der Waals surface area contributed by atoms with Gasteiger partial charge in [0, 0.05) is 12.8 Å². The van der Waals surface area contributed by atoms with E-state index in [1.54, 1.807) is 0 Å². The second kappa shape index (κ2) is 8.26. The highest BCUT2D eigenvalue weighted by atomic mass is 19.3. The van der Waals surface area contributed by atoms with Crippen molar-refractivity contribution >= 4 is 0 Å². The highest BCUT2D eigenvalue weighted by Gasteiger charge is 2.15. The Morgan fingerprint density at radius 3 is 3.05 bits per heavy atom. The summed E-state index contributed by atoms with van der Waals surface area (Å²) in [6.45, 7) is 1.82. The van der Waals surface area contributed by atoms with E-state index >= 15 is 0 Å². The van der Waals surface area contributed by atoms with Crippen LogP contribution in [0.2, 0.25) is 0 Å². The quantitative estimate of drug-likeness (QED) is 0.740. The van der Waals surface area contributed by atoms with Gasteiger partial charge in [0.05, 0.1) is 6.61 Å². The Hall–Kier alpha value is -1.08. The Bertz CT molecular complexity index is 381. The van der Waals surface area contributed by atoms with Gasteiger partial charge >= 0.3 is 0 Å². The minimum absolute atomic E-state index is 0.190. The number of aromatic nitrogens is 2. The zero-order valence-corrected chi connectivity index (χ0v) is 11.5. The first-order valence-electron chi connectivity index (χ1n) is 7.12. The maximum Gasteiger partial charge on any atom is 0.261 e. The Kier molecular flexibility index (Phi) is 6.32. The molecule has 2 rings (SSSR count). The van der Waals surface area contributed by atoms with E-state index < -0.39 is 13.0 Å². The van der Waals surface area contributed by atoms with Crippen LogP contribution in [0.4, 0.5) is 8.78 Å². The molecule has 1 aromatic rings. The van der Waals surface area contributed by atoms with Crippen LogP contribution in [-0.2, 0) is 17.6 Å². The molecule has 7 heteroatoms. The molecule has 20 heavy (non-hydrogen) atoms. The Morgan fingerprint density at radius 1 is 1.40 bits per heavy atom. The molecular formula is C13H21F2N3O2. The van der Waals surface area contributed by atoms with Crippen LogP contribution < -0.4 is 5.32 Å². The van der Waals surface area contributed by atoms with Crippen LogP contribution in [0.25, 0.3) is 0 Å². The van der Waals surface area contributed by atoms with Crippen molar-refractivity contribution in [3.05, 3.63) is 11.7 Å². The third-order valence-electron chi connectivity index (χ3n) is 3.39. The van der Waals surface area contributed by atoms with E-state index in [1.807, 2.05) is 0 Å². The lowest BCUT2D eigenvalue weighted by atomic mass is 9.95. The first-order chi connectivity index (χ1) is 9.74. The van der Waals surface area contributed by atoms with Crippen molar-refractivity contribution in [1.82, 2.24) is 15.5 Å². The van der Waals surface area contributed by atoms with Crippen LogP contribution in [0.1, 0.15) is 31.0 Å². The summed E-state index contributed by atoms with van der Waals surface area (Å²) in [6.07, 6.45) is 2.26. The summed E-state index contributed by atoms with van der Waals surface area (Å²) >= 11 is 0. The third-order valence-corrected chi connectivity index (χ3v) is 3.39. The zero-order valence-electron chi connectivity index (χ0n) is 11.5. The van der Waals surface area contributed by atoms with E-state index in [0.29, 0.717) is 24.1 Å². The van der Waals surface area contributed by atoms with Gasteiger partial charge in [0.25, 0.3) is 6.43 Å². The first-order valence-corrected chi connectivity index (χ1v) is 7.12. The van der Waals surface area contributed by atoms with Crippen molar-refractivity contribution in [3.63, 3.8) is 0 Å². The number of halogens is 2. The zero-order chi connectivity index (χ0) is 14.2. The Balaban J connectivity index is 1.63. The van der Waals surface area contributed by atoms with Gasteiger partial charge in [0.15, 0.2) is 5.82 Å². The lowest BCUT2D eigenvalue weighted by Gasteiger charge is -2.21. The van der Waals surface area contributed by atoms with Crippen LogP contribution in [0, 0.1) is 5.92 Å². The number of nitrogens with zero attached hydrogens (tertiary/aromatic N) is 2. The molecule has 2 heterocycles. The SMILES string of the molecule is FC(F)COCCc1noc(CCC2CCCNC2)n1. The van der Waals surface area contributed by atoms with E-state index in [2.05, 4.69) is 15.5 Å². The van der Waals surface area contributed by atoms with Crippen LogP contribution in [0.15, 0.2) is 4.52 Å². The fourth-order valence-corrected chi connectivity index (χ4v) is 2.33. The molecule has 1 aliphatic heterocycles. The molecule has 1 aliphatic rings. The summed E-state index contributed by atoms with van der Waals surface area (Å²) in [6, 6.07) is 0. The number of ether oxygens (including phenoxy) is 1. The predicted octanol–water partition coefficient (Wildman–Crippen LogP) is 1.83. The van der Waals surface area contributed by atoms with Gasteiger partial charge in [-0.25, -0.2) is 8.78 Å². The molecule has 1 N–H and O–H groups in total. The molecule has 1 unspecified atom stereocenters. The summed E-state index contributed by atoms with van der Waals surface area (Å²) in [5, 5.41) is 7.20. The molecule has 5 nitrogen and oxygen atoms in total. The molecule has 0 bridgehead atoms. The second-order valence-corrected chi connectivity index (χ2v) is 5.07. The van der Waals surface area contributed by atoms with Gasteiger partial charge in [-0.05, 0) is 38.3 Å². The number of piperidine rings is 1. The second-order valence-electron chi connectivity index (χ2n) is 5.07. The van der Waals surface area contributed by atoms with E-state index in [9.17, 15) is 8.78 Å². The van der Waals surface area contributed by atoms with Crippen LogP contribution in [0.3, 0.4) is 0 Å². The lowest BCUT2D eigenvalue weighted by Crippen LogP contribution is -2.29. The minimum Gasteiger partial charge on any atom is -0.375 e. The summed E-state index contributed by atoms with van der Waals surface area (Å²) in [4.78, 5) is 4.25. The van der Waals surface area contributed by atoms with Crippen LogP contribution in [0.5, 0.6) is 0 Å². The fraction of sp³-hybridized carbons (Fsp3) is 0.846. The topological polar surface area (TPSA) is 60.2 Å². The number of aryl methyl sites for hydroxylation is 1. The maximum atomic E-state index is 11.9. The third kappa shape index (κ3) is 5.50.